The summed E-state index contributed by atoms with van der Waals surface area (Å²) < 4.78 is 6.05. The van der Waals surface area contributed by atoms with Gasteiger partial charge in [-0.2, -0.15) is 0 Å². The van der Waals surface area contributed by atoms with E-state index in [4.69, 9.17) is 4.74 Å². The van der Waals surface area contributed by atoms with Crippen molar-refractivity contribution in [1.29, 1.82) is 0 Å². The average Bonchev–Trinajstić information content (AvgIpc) is 3.06. The van der Waals surface area contributed by atoms with Crippen molar-refractivity contribution in [3.63, 3.8) is 0 Å². The number of ether oxygens (including phenoxy) is 1. The second-order valence-electron chi connectivity index (χ2n) is 7.42. The highest BCUT2D eigenvalue weighted by atomic mass is 79.9. The van der Waals surface area contributed by atoms with Gasteiger partial charge in [0.15, 0.2) is 0 Å². The summed E-state index contributed by atoms with van der Waals surface area (Å²) in [6.07, 6.45) is 0. The first kappa shape index (κ1) is 21.6. The summed E-state index contributed by atoms with van der Waals surface area (Å²) in [6.45, 7) is 1.87. The van der Waals surface area contributed by atoms with Gasteiger partial charge in [0.05, 0.1) is 18.7 Å². The number of Topliss-reactive ketones (excluding diaryl/α,β-unsaturated/α-hetero) is 1. The fourth-order valence-electron chi connectivity index (χ4n) is 3.76. The summed E-state index contributed by atoms with van der Waals surface area (Å²) >= 11 is 3.43. The molecule has 0 saturated carbocycles. The minimum absolute atomic E-state index is 0.0155. The Morgan fingerprint density at radius 3 is 2.25 bits per heavy atom. The van der Waals surface area contributed by atoms with Crippen LogP contribution < -0.4 is 9.64 Å². The van der Waals surface area contributed by atoms with Gasteiger partial charge in [-0.1, -0.05) is 34.1 Å². The number of aliphatic hydroxyl groups is 1. The first-order valence-corrected chi connectivity index (χ1v) is 10.6. The lowest BCUT2D eigenvalue weighted by molar-refractivity contribution is -0.132. The van der Waals surface area contributed by atoms with Crippen LogP contribution in [0.3, 0.4) is 0 Å². The number of aryl methyl sites for hydroxylation is 1. The number of hydrogen-bond acceptors (Lipinski definition) is 5. The van der Waals surface area contributed by atoms with Crippen LogP contribution in [0.5, 0.6) is 11.5 Å². The second kappa shape index (κ2) is 8.51. The third-order valence-corrected chi connectivity index (χ3v) is 6.32. The molecule has 0 radical (unpaired) electrons. The second-order valence-corrected chi connectivity index (χ2v) is 8.28. The smallest absolute Gasteiger partial charge is 0.300 e. The van der Waals surface area contributed by atoms with E-state index in [0.717, 1.165) is 10.0 Å². The van der Waals surface area contributed by atoms with Crippen LogP contribution in [0, 0.1) is 6.92 Å². The van der Waals surface area contributed by atoms with Crippen molar-refractivity contribution < 1.29 is 24.5 Å². The number of nitrogens with zero attached hydrogens (tertiary/aromatic N) is 1. The summed E-state index contributed by atoms with van der Waals surface area (Å²) in [5, 5.41) is 20.9. The molecule has 7 heteroatoms. The van der Waals surface area contributed by atoms with Crippen LogP contribution in [-0.2, 0) is 9.59 Å². The third-order valence-electron chi connectivity index (χ3n) is 5.44. The van der Waals surface area contributed by atoms with E-state index in [-0.39, 0.29) is 17.1 Å². The van der Waals surface area contributed by atoms with E-state index in [2.05, 4.69) is 15.9 Å². The van der Waals surface area contributed by atoms with Gasteiger partial charge in [-0.3, -0.25) is 14.5 Å². The number of rotatable bonds is 4. The van der Waals surface area contributed by atoms with Crippen molar-refractivity contribution >= 4 is 39.1 Å². The summed E-state index contributed by atoms with van der Waals surface area (Å²) in [5.41, 5.74) is 2.35. The SMILES string of the molecule is COc1ccc(N2C(=O)C(=O)/C(=C(\O)c3ccc(Br)c(C)c3)C2c2ccc(O)cc2)cc1. The molecule has 3 aromatic rings. The lowest BCUT2D eigenvalue weighted by Crippen LogP contribution is -2.29. The van der Waals surface area contributed by atoms with E-state index in [0.29, 0.717) is 22.6 Å². The summed E-state index contributed by atoms with van der Waals surface area (Å²) in [4.78, 5) is 27.6. The molecule has 1 atom stereocenters. The molecule has 1 aliphatic heterocycles. The molecule has 2 N–H and O–H groups in total. The van der Waals surface area contributed by atoms with Crippen molar-refractivity contribution in [1.82, 2.24) is 0 Å². The fourth-order valence-corrected chi connectivity index (χ4v) is 4.01. The predicted molar refractivity (Wildman–Crippen MR) is 125 cm³/mol. The van der Waals surface area contributed by atoms with Gasteiger partial charge >= 0.3 is 0 Å². The lowest BCUT2D eigenvalue weighted by atomic mass is 9.94. The average molecular weight is 494 g/mol. The van der Waals surface area contributed by atoms with E-state index in [9.17, 15) is 19.8 Å². The Hall–Kier alpha value is -3.58. The Bertz CT molecular complexity index is 1230. The van der Waals surface area contributed by atoms with Gasteiger partial charge in [-0.25, -0.2) is 0 Å². The van der Waals surface area contributed by atoms with Crippen LogP contribution >= 0.6 is 15.9 Å². The molecule has 1 heterocycles. The Labute approximate surface area is 193 Å². The maximum Gasteiger partial charge on any atom is 0.300 e. The molecular formula is C25H20BrNO5. The van der Waals surface area contributed by atoms with Crippen LogP contribution in [0.2, 0.25) is 0 Å². The van der Waals surface area contributed by atoms with Gasteiger partial charge in [-0.15, -0.1) is 0 Å². The highest BCUT2D eigenvalue weighted by Gasteiger charge is 2.47. The first-order chi connectivity index (χ1) is 15.3. The highest BCUT2D eigenvalue weighted by Crippen LogP contribution is 2.43. The molecule has 3 aromatic carbocycles. The van der Waals surface area contributed by atoms with Crippen molar-refractivity contribution in [2.75, 3.05) is 12.0 Å². The van der Waals surface area contributed by atoms with E-state index < -0.39 is 17.7 Å². The minimum Gasteiger partial charge on any atom is -0.508 e. The van der Waals surface area contributed by atoms with Gasteiger partial charge in [-0.05, 0) is 66.6 Å². The molecule has 1 amide bonds. The quantitative estimate of drug-likeness (QED) is 0.300. The number of ketones is 1. The van der Waals surface area contributed by atoms with Crippen LogP contribution in [-0.4, -0.2) is 29.0 Å². The number of carbonyl (C=O) groups excluding carboxylic acids is 2. The molecule has 162 valence electrons. The van der Waals surface area contributed by atoms with Crippen molar-refractivity contribution in [2.24, 2.45) is 0 Å². The van der Waals surface area contributed by atoms with Crippen molar-refractivity contribution in [3.8, 4) is 11.5 Å². The number of methoxy groups -OCH3 is 1. The molecule has 1 fully saturated rings. The fraction of sp³-hybridized carbons (Fsp3) is 0.120. The van der Waals surface area contributed by atoms with E-state index in [1.165, 1.54) is 24.1 Å². The first-order valence-electron chi connectivity index (χ1n) is 9.82. The largest absolute Gasteiger partial charge is 0.508 e. The molecule has 1 aliphatic rings. The van der Waals surface area contributed by atoms with E-state index >= 15 is 0 Å². The normalized spacial score (nSPS) is 17.6. The number of aliphatic hydroxyl groups excluding tert-OH is 1. The number of phenols is 1. The summed E-state index contributed by atoms with van der Waals surface area (Å²) in [5.74, 6) is -1.12. The Kier molecular flexibility index (Phi) is 5.76. The zero-order valence-electron chi connectivity index (χ0n) is 17.4. The molecule has 32 heavy (non-hydrogen) atoms. The lowest BCUT2D eigenvalue weighted by Gasteiger charge is -2.25. The van der Waals surface area contributed by atoms with E-state index in [1.807, 2.05) is 6.92 Å². The molecule has 1 unspecified atom stereocenters. The zero-order chi connectivity index (χ0) is 23.0. The predicted octanol–water partition coefficient (Wildman–Crippen LogP) is 5.10. The molecule has 4 rings (SSSR count). The molecule has 6 nitrogen and oxygen atoms in total. The van der Waals surface area contributed by atoms with E-state index in [1.54, 1.807) is 54.6 Å². The Morgan fingerprint density at radius 1 is 1.00 bits per heavy atom. The van der Waals surface area contributed by atoms with Crippen LogP contribution in [0.15, 0.2) is 76.8 Å². The van der Waals surface area contributed by atoms with Gasteiger partial charge < -0.3 is 14.9 Å². The number of carbonyl (C=O) groups is 2. The maximum atomic E-state index is 13.1. The van der Waals surface area contributed by atoms with Crippen molar-refractivity contribution in [3.05, 3.63) is 93.5 Å². The molecule has 0 aliphatic carbocycles. The van der Waals surface area contributed by atoms with Gasteiger partial charge in [0.25, 0.3) is 11.7 Å². The number of benzene rings is 3. The van der Waals surface area contributed by atoms with Crippen molar-refractivity contribution in [2.45, 2.75) is 13.0 Å². The molecule has 1 saturated heterocycles. The maximum absolute atomic E-state index is 13.1. The Balaban J connectivity index is 1.92. The Morgan fingerprint density at radius 2 is 1.66 bits per heavy atom. The third kappa shape index (κ3) is 3.76. The standard InChI is InChI=1S/C25H20BrNO5/c1-14-13-16(5-12-20(14)26)23(29)21-22(15-3-8-18(28)9-4-15)27(25(31)24(21)30)17-6-10-19(32-2)11-7-17/h3-13,22,28-29H,1-2H3/b23-21-. The van der Waals surface area contributed by atoms with Gasteiger partial charge in [0.1, 0.15) is 17.3 Å². The monoisotopic (exact) mass is 493 g/mol. The number of phenolic OH excluding ortho intramolecular Hbond substituents is 1. The summed E-state index contributed by atoms with van der Waals surface area (Å²) in [7, 11) is 1.54. The summed E-state index contributed by atoms with van der Waals surface area (Å²) in [6, 6.07) is 17.3. The number of amides is 1. The van der Waals surface area contributed by atoms with Gasteiger partial charge in [0.2, 0.25) is 0 Å². The number of halogens is 1. The molecule has 0 bridgehead atoms. The number of aromatic hydroxyl groups is 1. The molecule has 0 aromatic heterocycles. The number of hydrogen-bond donors (Lipinski definition) is 2. The molecule has 0 spiro atoms. The zero-order valence-corrected chi connectivity index (χ0v) is 19.0. The topological polar surface area (TPSA) is 87.1 Å². The van der Waals surface area contributed by atoms with Crippen LogP contribution in [0.4, 0.5) is 5.69 Å². The van der Waals surface area contributed by atoms with Crippen LogP contribution in [0.1, 0.15) is 22.7 Å². The minimum atomic E-state index is -0.868. The molecular weight excluding hydrogens is 474 g/mol. The van der Waals surface area contributed by atoms with Crippen LogP contribution in [0.25, 0.3) is 5.76 Å². The van der Waals surface area contributed by atoms with Gasteiger partial charge in [0, 0.05) is 15.7 Å². The number of anilines is 1. The highest BCUT2D eigenvalue weighted by molar-refractivity contribution is 9.10.